The summed E-state index contributed by atoms with van der Waals surface area (Å²) in [7, 11) is 0. The Labute approximate surface area is 156 Å². The molecule has 0 saturated carbocycles. The second-order valence-corrected chi connectivity index (χ2v) is 6.67. The molecular weight excluding hydrogens is 376 g/mol. The highest BCUT2D eigenvalue weighted by Crippen LogP contribution is 2.21. The van der Waals surface area contributed by atoms with Gasteiger partial charge in [-0.15, -0.1) is 0 Å². The Morgan fingerprint density at radius 2 is 1.70 bits per heavy atom. The lowest BCUT2D eigenvalue weighted by Crippen LogP contribution is -2.10. The minimum atomic E-state index is -0.692. The third kappa shape index (κ3) is 5.20. The van der Waals surface area contributed by atoms with Gasteiger partial charge < -0.3 is 4.98 Å². The largest absolute Gasteiger partial charge is 0.301 e. The number of benzene rings is 2. The summed E-state index contributed by atoms with van der Waals surface area (Å²) in [5.41, 5.74) is 1.21. The molecule has 1 heterocycles. The highest BCUT2D eigenvalue weighted by atomic mass is 32.2. The Kier molecular flexibility index (Phi) is 5.60. The minimum absolute atomic E-state index is 0.000366. The Morgan fingerprint density at radius 3 is 2.33 bits per heavy atom. The number of hydrogen-bond acceptors (Lipinski definition) is 5. The van der Waals surface area contributed by atoms with Crippen molar-refractivity contribution in [2.24, 2.45) is 0 Å². The number of H-pyrrole nitrogens is 1. The van der Waals surface area contributed by atoms with Gasteiger partial charge in [0.25, 0.3) is 11.2 Å². The van der Waals surface area contributed by atoms with Crippen LogP contribution in [0.5, 0.6) is 0 Å². The number of halogens is 2. The first kappa shape index (κ1) is 18.7. The first-order chi connectivity index (χ1) is 12.9. The second kappa shape index (κ2) is 8.09. The summed E-state index contributed by atoms with van der Waals surface area (Å²) in [6, 6.07) is 10.5. The number of nitrogens with one attached hydrogen (secondary N) is 1. The van der Waals surface area contributed by atoms with Gasteiger partial charge in [-0.2, -0.15) is 0 Å². The van der Waals surface area contributed by atoms with Gasteiger partial charge in [0.1, 0.15) is 11.6 Å². The molecule has 6 nitrogen and oxygen atoms in total. The van der Waals surface area contributed by atoms with E-state index in [4.69, 9.17) is 0 Å². The molecule has 0 bridgehead atoms. The van der Waals surface area contributed by atoms with Crippen LogP contribution in [0, 0.1) is 21.7 Å². The van der Waals surface area contributed by atoms with Gasteiger partial charge >= 0.3 is 0 Å². The van der Waals surface area contributed by atoms with E-state index in [1.165, 1.54) is 42.1 Å². The normalized spacial score (nSPS) is 10.7. The fourth-order valence-corrected chi connectivity index (χ4v) is 3.28. The van der Waals surface area contributed by atoms with Crippen molar-refractivity contribution in [2.45, 2.75) is 17.3 Å². The monoisotopic (exact) mass is 389 g/mol. The zero-order chi connectivity index (χ0) is 19.4. The molecule has 0 fully saturated rings. The summed E-state index contributed by atoms with van der Waals surface area (Å²) in [6.45, 7) is 0. The van der Waals surface area contributed by atoms with E-state index in [-0.39, 0.29) is 17.7 Å². The number of rotatable bonds is 6. The van der Waals surface area contributed by atoms with E-state index in [0.29, 0.717) is 22.2 Å². The molecule has 138 valence electrons. The van der Waals surface area contributed by atoms with Crippen molar-refractivity contribution >= 4 is 17.4 Å². The van der Waals surface area contributed by atoms with Crippen LogP contribution in [0.3, 0.4) is 0 Å². The lowest BCUT2D eigenvalue weighted by atomic mass is 10.1. The van der Waals surface area contributed by atoms with E-state index in [1.54, 1.807) is 12.1 Å². The van der Waals surface area contributed by atoms with Gasteiger partial charge in [-0.05, 0) is 23.3 Å². The summed E-state index contributed by atoms with van der Waals surface area (Å²) in [5, 5.41) is 11.0. The zero-order valence-electron chi connectivity index (χ0n) is 13.8. The third-order valence-corrected chi connectivity index (χ3v) is 4.55. The predicted molar refractivity (Wildman–Crippen MR) is 96.7 cm³/mol. The molecule has 3 rings (SSSR count). The Balaban J connectivity index is 1.73. The summed E-state index contributed by atoms with van der Waals surface area (Å²) < 4.78 is 26.6. The standard InChI is InChI=1S/C18H13F2N3O3S/c19-13-5-12(6-14(20)8-13)7-15-9-17(24)22-18(21-15)27-10-11-1-3-16(4-2-11)23(25)26/h1-6,8-9H,7,10H2,(H,21,22,24). The predicted octanol–water partition coefficient (Wildman–Crippen LogP) is 3.84. The van der Waals surface area contributed by atoms with Crippen LogP contribution in [-0.2, 0) is 12.2 Å². The molecule has 1 N–H and O–H groups in total. The number of nitrogens with zero attached hydrogens (tertiary/aromatic N) is 2. The number of non-ortho nitro benzene ring substituents is 1. The highest BCUT2D eigenvalue weighted by Gasteiger charge is 2.08. The zero-order valence-corrected chi connectivity index (χ0v) is 14.6. The van der Waals surface area contributed by atoms with Crippen molar-refractivity contribution in [3.63, 3.8) is 0 Å². The van der Waals surface area contributed by atoms with E-state index >= 15 is 0 Å². The number of thioether (sulfide) groups is 1. The molecule has 0 atom stereocenters. The quantitative estimate of drug-likeness (QED) is 0.299. The van der Waals surface area contributed by atoms with Gasteiger partial charge in [-0.25, -0.2) is 13.8 Å². The second-order valence-electron chi connectivity index (χ2n) is 5.71. The van der Waals surface area contributed by atoms with E-state index in [9.17, 15) is 23.7 Å². The van der Waals surface area contributed by atoms with Crippen LogP contribution in [0.4, 0.5) is 14.5 Å². The maximum absolute atomic E-state index is 13.3. The van der Waals surface area contributed by atoms with Crippen LogP contribution < -0.4 is 5.56 Å². The average Bonchev–Trinajstić information content (AvgIpc) is 2.59. The summed E-state index contributed by atoms with van der Waals surface area (Å²) in [6.07, 6.45) is 0.115. The van der Waals surface area contributed by atoms with Crippen LogP contribution in [-0.4, -0.2) is 14.9 Å². The number of hydrogen-bond donors (Lipinski definition) is 1. The van der Waals surface area contributed by atoms with E-state index < -0.39 is 16.6 Å². The molecule has 9 heteroatoms. The molecule has 0 unspecified atom stereocenters. The van der Waals surface area contributed by atoms with Gasteiger partial charge in [0, 0.05) is 36.4 Å². The molecule has 0 aliphatic carbocycles. The number of nitro groups is 1. The molecule has 0 aliphatic heterocycles. The van der Waals surface area contributed by atoms with Crippen LogP contribution in [0.15, 0.2) is 58.5 Å². The van der Waals surface area contributed by atoms with Crippen LogP contribution in [0.2, 0.25) is 0 Å². The van der Waals surface area contributed by atoms with E-state index in [1.807, 2.05) is 0 Å². The number of nitro benzene ring substituents is 1. The maximum atomic E-state index is 13.3. The van der Waals surface area contributed by atoms with Crippen molar-refractivity contribution in [1.29, 1.82) is 0 Å². The lowest BCUT2D eigenvalue weighted by molar-refractivity contribution is -0.384. The molecule has 27 heavy (non-hydrogen) atoms. The van der Waals surface area contributed by atoms with Crippen molar-refractivity contribution in [3.05, 3.63) is 97.5 Å². The summed E-state index contributed by atoms with van der Waals surface area (Å²) >= 11 is 1.25. The molecule has 0 amide bonds. The summed E-state index contributed by atoms with van der Waals surface area (Å²) in [4.78, 5) is 28.9. The highest BCUT2D eigenvalue weighted by molar-refractivity contribution is 7.98. The third-order valence-electron chi connectivity index (χ3n) is 3.60. The van der Waals surface area contributed by atoms with Gasteiger partial charge in [-0.1, -0.05) is 23.9 Å². The molecule has 0 aliphatic rings. The van der Waals surface area contributed by atoms with E-state index in [0.717, 1.165) is 11.6 Å². The molecular formula is C18H13F2N3O3S. The summed E-state index contributed by atoms with van der Waals surface area (Å²) in [5.74, 6) is -0.941. The fraction of sp³-hybridized carbons (Fsp3) is 0.111. The Bertz CT molecular complexity index is 1020. The van der Waals surface area contributed by atoms with Gasteiger partial charge in [-0.3, -0.25) is 14.9 Å². The topological polar surface area (TPSA) is 88.9 Å². The lowest BCUT2D eigenvalue weighted by Gasteiger charge is -2.05. The smallest absolute Gasteiger partial charge is 0.269 e. The van der Waals surface area contributed by atoms with Crippen molar-refractivity contribution in [1.82, 2.24) is 9.97 Å². The first-order valence-corrected chi connectivity index (χ1v) is 8.79. The van der Waals surface area contributed by atoms with E-state index in [2.05, 4.69) is 9.97 Å². The maximum Gasteiger partial charge on any atom is 0.269 e. The van der Waals surface area contributed by atoms with Gasteiger partial charge in [0.15, 0.2) is 5.16 Å². The van der Waals surface area contributed by atoms with Gasteiger partial charge in [0.05, 0.1) is 10.6 Å². The molecule has 1 aromatic heterocycles. The fourth-order valence-electron chi connectivity index (χ4n) is 2.43. The first-order valence-electron chi connectivity index (χ1n) is 7.80. The number of aromatic nitrogens is 2. The van der Waals surface area contributed by atoms with Crippen molar-refractivity contribution in [2.75, 3.05) is 0 Å². The van der Waals surface area contributed by atoms with Crippen molar-refractivity contribution < 1.29 is 13.7 Å². The van der Waals surface area contributed by atoms with Crippen LogP contribution in [0.1, 0.15) is 16.8 Å². The number of aromatic amines is 1. The molecule has 0 spiro atoms. The molecule has 2 aromatic carbocycles. The van der Waals surface area contributed by atoms with Crippen LogP contribution in [0.25, 0.3) is 0 Å². The van der Waals surface area contributed by atoms with Crippen molar-refractivity contribution in [3.8, 4) is 0 Å². The SMILES string of the molecule is O=c1cc(Cc2cc(F)cc(F)c2)nc(SCc2ccc([N+](=O)[O-])cc2)[nH]1. The molecule has 3 aromatic rings. The minimum Gasteiger partial charge on any atom is -0.301 e. The average molecular weight is 389 g/mol. The van der Waals surface area contributed by atoms with Gasteiger partial charge in [0.2, 0.25) is 0 Å². The molecule has 0 radical (unpaired) electrons. The Hall–Kier alpha value is -3.07. The van der Waals surface area contributed by atoms with Crippen LogP contribution >= 0.6 is 11.8 Å². The molecule has 0 saturated heterocycles. The Morgan fingerprint density at radius 1 is 1.04 bits per heavy atom.